The van der Waals surface area contributed by atoms with Crippen LogP contribution in [0.2, 0.25) is 0 Å². The van der Waals surface area contributed by atoms with Crippen LogP contribution in [-0.2, 0) is 4.74 Å². The van der Waals surface area contributed by atoms with Gasteiger partial charge in [-0.3, -0.25) is 4.99 Å². The Morgan fingerprint density at radius 2 is 2.00 bits per heavy atom. The van der Waals surface area contributed by atoms with Crippen LogP contribution in [0.3, 0.4) is 0 Å². The van der Waals surface area contributed by atoms with Crippen molar-refractivity contribution in [1.82, 2.24) is 10.2 Å². The van der Waals surface area contributed by atoms with E-state index in [1.807, 2.05) is 7.05 Å². The predicted octanol–water partition coefficient (Wildman–Crippen LogP) is 4.04. The van der Waals surface area contributed by atoms with Gasteiger partial charge >= 0.3 is 0 Å². The molecule has 1 N–H and O–H groups in total. The maximum Gasteiger partial charge on any atom is 0.193 e. The maximum absolute atomic E-state index is 6.03. The van der Waals surface area contributed by atoms with Crippen LogP contribution in [0.5, 0.6) is 0 Å². The molecule has 2 aliphatic carbocycles. The van der Waals surface area contributed by atoms with Crippen LogP contribution in [0, 0.1) is 11.3 Å². The first kappa shape index (κ1) is 20.3. The molecule has 1 unspecified atom stereocenters. The molecule has 0 aromatic carbocycles. The van der Waals surface area contributed by atoms with E-state index in [2.05, 4.69) is 22.1 Å². The van der Waals surface area contributed by atoms with Crippen LogP contribution < -0.4 is 5.32 Å². The Morgan fingerprint density at radius 3 is 2.54 bits per heavy atom. The van der Waals surface area contributed by atoms with Gasteiger partial charge in [0, 0.05) is 33.3 Å². The lowest BCUT2D eigenvalue weighted by Gasteiger charge is -2.38. The van der Waals surface area contributed by atoms with Crippen molar-refractivity contribution in [3.05, 3.63) is 0 Å². The minimum absolute atomic E-state index is 0. The summed E-state index contributed by atoms with van der Waals surface area (Å²) in [5, 5.41) is 3.61. The Kier molecular flexibility index (Phi) is 8.11. The average Bonchev–Trinajstić information content (AvgIpc) is 3.19. The molecule has 3 fully saturated rings. The fourth-order valence-electron chi connectivity index (χ4n) is 4.86. The second-order valence-electron chi connectivity index (χ2n) is 7.83. The molecule has 3 aliphatic rings. The first-order valence-corrected chi connectivity index (χ1v) is 9.83. The van der Waals surface area contributed by atoms with Gasteiger partial charge in [-0.15, -0.1) is 24.0 Å². The Hall–Kier alpha value is -0.0400. The molecule has 1 heterocycles. The lowest BCUT2D eigenvalue weighted by Crippen LogP contribution is -2.43. The topological polar surface area (TPSA) is 36.9 Å². The zero-order valence-electron chi connectivity index (χ0n) is 15.6. The molecule has 5 heteroatoms. The summed E-state index contributed by atoms with van der Waals surface area (Å²) in [5.41, 5.74) is 0.634. The quantitative estimate of drug-likeness (QED) is 0.378. The normalized spacial score (nSPS) is 24.8. The van der Waals surface area contributed by atoms with Gasteiger partial charge in [0.15, 0.2) is 5.96 Å². The monoisotopic (exact) mass is 449 g/mol. The number of aliphatic imine (C=N–C) groups is 1. The van der Waals surface area contributed by atoms with Gasteiger partial charge in [-0.2, -0.15) is 0 Å². The van der Waals surface area contributed by atoms with E-state index in [0.29, 0.717) is 11.5 Å². The number of rotatable bonds is 6. The number of halogens is 1. The minimum atomic E-state index is 0. The molecule has 2 saturated carbocycles. The van der Waals surface area contributed by atoms with Crippen LogP contribution in [0.4, 0.5) is 0 Å². The van der Waals surface area contributed by atoms with Gasteiger partial charge in [0.25, 0.3) is 0 Å². The zero-order valence-corrected chi connectivity index (χ0v) is 17.9. The Bertz CT molecular complexity index is 405. The minimum Gasteiger partial charge on any atom is -0.378 e. The highest BCUT2D eigenvalue weighted by atomic mass is 127. The van der Waals surface area contributed by atoms with Gasteiger partial charge < -0.3 is 15.0 Å². The van der Waals surface area contributed by atoms with Gasteiger partial charge in [0.1, 0.15) is 0 Å². The molecule has 0 aromatic rings. The third kappa shape index (κ3) is 4.77. The van der Waals surface area contributed by atoms with Gasteiger partial charge in [-0.1, -0.05) is 19.3 Å². The van der Waals surface area contributed by atoms with Crippen molar-refractivity contribution in [2.24, 2.45) is 16.3 Å². The van der Waals surface area contributed by atoms with Crippen molar-refractivity contribution in [2.45, 2.75) is 70.8 Å². The average molecular weight is 449 g/mol. The van der Waals surface area contributed by atoms with Crippen LogP contribution in [0.25, 0.3) is 0 Å². The van der Waals surface area contributed by atoms with E-state index in [0.717, 1.165) is 31.4 Å². The number of nitrogens with one attached hydrogen (secondary N) is 1. The summed E-state index contributed by atoms with van der Waals surface area (Å²) in [4.78, 5) is 7.00. The number of likely N-dealkylation sites (tertiary alicyclic amines) is 1. The van der Waals surface area contributed by atoms with Gasteiger partial charge in [-0.25, -0.2) is 0 Å². The Labute approximate surface area is 165 Å². The van der Waals surface area contributed by atoms with Crippen molar-refractivity contribution in [3.8, 4) is 0 Å². The lowest BCUT2D eigenvalue weighted by molar-refractivity contribution is 0.0168. The van der Waals surface area contributed by atoms with Crippen molar-refractivity contribution < 1.29 is 4.74 Å². The maximum atomic E-state index is 6.03. The van der Waals surface area contributed by atoms with Gasteiger partial charge in [0.05, 0.1) is 6.10 Å². The number of hydrogen-bond acceptors (Lipinski definition) is 2. The first-order valence-electron chi connectivity index (χ1n) is 9.83. The van der Waals surface area contributed by atoms with Crippen LogP contribution in [-0.4, -0.2) is 50.3 Å². The van der Waals surface area contributed by atoms with E-state index in [1.54, 1.807) is 0 Å². The summed E-state index contributed by atoms with van der Waals surface area (Å²) in [7, 11) is 1.92. The van der Waals surface area contributed by atoms with Crippen LogP contribution >= 0.6 is 24.0 Å². The smallest absolute Gasteiger partial charge is 0.193 e. The van der Waals surface area contributed by atoms with E-state index in [1.165, 1.54) is 64.5 Å². The van der Waals surface area contributed by atoms with E-state index >= 15 is 0 Å². The highest BCUT2D eigenvalue weighted by molar-refractivity contribution is 14.0. The van der Waals surface area contributed by atoms with Crippen molar-refractivity contribution in [1.29, 1.82) is 0 Å². The SMILES string of the molecule is CCOC(CCNC(=NC)N1CCC2(CCC2)C1)C1CCCC1.I. The molecule has 1 atom stereocenters. The molecular weight excluding hydrogens is 413 g/mol. The lowest BCUT2D eigenvalue weighted by atomic mass is 9.68. The third-order valence-corrected chi connectivity index (χ3v) is 6.38. The summed E-state index contributed by atoms with van der Waals surface area (Å²) in [6.45, 7) is 6.33. The first-order chi connectivity index (χ1) is 11.3. The second kappa shape index (κ2) is 9.60. The molecule has 3 rings (SSSR count). The largest absolute Gasteiger partial charge is 0.378 e. The predicted molar refractivity (Wildman–Crippen MR) is 111 cm³/mol. The van der Waals surface area contributed by atoms with Crippen molar-refractivity contribution in [2.75, 3.05) is 33.3 Å². The number of nitrogens with zero attached hydrogens (tertiary/aromatic N) is 2. The molecule has 0 radical (unpaired) electrons. The summed E-state index contributed by atoms with van der Waals surface area (Å²) in [5.74, 6) is 1.89. The molecule has 4 nitrogen and oxygen atoms in total. The third-order valence-electron chi connectivity index (χ3n) is 6.38. The molecule has 1 spiro atoms. The standard InChI is InChI=1S/C19H35N3O.HI/c1-3-23-17(16-7-4-5-8-16)9-13-21-18(20-2)22-14-12-19(15-22)10-6-11-19;/h16-17H,3-15H2,1-2H3,(H,20,21);1H. The zero-order chi connectivity index (χ0) is 16.1. The molecule has 0 bridgehead atoms. The summed E-state index contributed by atoms with van der Waals surface area (Å²) >= 11 is 0. The van der Waals surface area contributed by atoms with Gasteiger partial charge in [0.2, 0.25) is 0 Å². The molecule has 0 aromatic heterocycles. The van der Waals surface area contributed by atoms with Crippen molar-refractivity contribution >= 4 is 29.9 Å². The highest BCUT2D eigenvalue weighted by Gasteiger charge is 2.43. The molecular formula is C19H36IN3O. The van der Waals surface area contributed by atoms with E-state index in [9.17, 15) is 0 Å². The van der Waals surface area contributed by atoms with Crippen LogP contribution in [0.15, 0.2) is 4.99 Å². The number of guanidine groups is 1. The van der Waals surface area contributed by atoms with E-state index in [-0.39, 0.29) is 24.0 Å². The molecule has 0 amide bonds. The summed E-state index contributed by atoms with van der Waals surface area (Å²) < 4.78 is 6.03. The highest BCUT2D eigenvalue weighted by Crippen LogP contribution is 2.47. The second-order valence-corrected chi connectivity index (χ2v) is 7.83. The Balaban J connectivity index is 0.00000208. The fraction of sp³-hybridized carbons (Fsp3) is 0.947. The molecule has 1 aliphatic heterocycles. The van der Waals surface area contributed by atoms with Crippen LogP contribution in [0.1, 0.15) is 64.7 Å². The Morgan fingerprint density at radius 1 is 1.25 bits per heavy atom. The summed E-state index contributed by atoms with van der Waals surface area (Å²) in [6, 6.07) is 0. The van der Waals surface area contributed by atoms with Crippen molar-refractivity contribution in [3.63, 3.8) is 0 Å². The molecule has 1 saturated heterocycles. The molecule has 140 valence electrons. The fourth-order valence-corrected chi connectivity index (χ4v) is 4.86. The number of ether oxygens (including phenoxy) is 1. The van der Waals surface area contributed by atoms with Gasteiger partial charge in [-0.05, 0) is 56.8 Å². The van der Waals surface area contributed by atoms with E-state index < -0.39 is 0 Å². The summed E-state index contributed by atoms with van der Waals surface area (Å²) in [6.07, 6.45) is 12.7. The molecule has 24 heavy (non-hydrogen) atoms. The number of hydrogen-bond donors (Lipinski definition) is 1. The van der Waals surface area contributed by atoms with E-state index in [4.69, 9.17) is 4.74 Å².